The Hall–Kier alpha value is -1.04. The Balaban J connectivity index is 1.72. The topological polar surface area (TPSA) is 37.8 Å². The van der Waals surface area contributed by atoms with Gasteiger partial charge >= 0.3 is 6.18 Å². The number of aromatic nitrogens is 2. The number of alkyl halides is 3. The third-order valence-corrected chi connectivity index (χ3v) is 4.12. The summed E-state index contributed by atoms with van der Waals surface area (Å²) in [5.74, 6) is 0.888. The molecular formula is C12H13ClF3N3. The summed E-state index contributed by atoms with van der Waals surface area (Å²) in [4.78, 5) is 7.00. The zero-order valence-corrected chi connectivity index (χ0v) is 10.9. The molecule has 104 valence electrons. The van der Waals surface area contributed by atoms with Gasteiger partial charge in [0.25, 0.3) is 0 Å². The Bertz CT molecular complexity index is 495. The molecule has 0 bridgehead atoms. The molecule has 0 unspecified atom stereocenters. The molecule has 0 spiro atoms. The minimum atomic E-state index is -4.50. The minimum Gasteiger partial charge on any atom is -0.369 e. The second kappa shape index (κ2) is 4.23. The highest BCUT2D eigenvalue weighted by Crippen LogP contribution is 2.61. The highest BCUT2D eigenvalue weighted by Gasteiger charge is 2.53. The smallest absolute Gasteiger partial charge is 0.369 e. The molecule has 1 heterocycles. The molecule has 1 aromatic heterocycles. The Morgan fingerprint density at radius 2 is 2.00 bits per heavy atom. The Kier molecular flexibility index (Phi) is 2.89. The van der Waals surface area contributed by atoms with Crippen LogP contribution in [0.15, 0.2) is 6.07 Å². The van der Waals surface area contributed by atoms with Crippen LogP contribution >= 0.6 is 11.6 Å². The van der Waals surface area contributed by atoms with Crippen molar-refractivity contribution in [3.05, 3.63) is 17.0 Å². The number of nitrogens with one attached hydrogen (secondary N) is 1. The molecule has 7 heteroatoms. The third kappa shape index (κ3) is 2.78. The zero-order valence-electron chi connectivity index (χ0n) is 10.1. The van der Waals surface area contributed by atoms with Crippen LogP contribution in [0, 0.1) is 11.3 Å². The maximum atomic E-state index is 12.6. The summed E-state index contributed by atoms with van der Waals surface area (Å²) >= 11 is 5.53. The van der Waals surface area contributed by atoms with Crippen molar-refractivity contribution in [2.24, 2.45) is 11.3 Å². The van der Waals surface area contributed by atoms with Gasteiger partial charge in [0.15, 0.2) is 5.69 Å². The number of rotatable bonds is 4. The number of hydrogen-bond acceptors (Lipinski definition) is 3. The Morgan fingerprint density at radius 1 is 1.32 bits per heavy atom. The minimum absolute atomic E-state index is 0.152. The summed E-state index contributed by atoms with van der Waals surface area (Å²) < 4.78 is 37.8. The summed E-state index contributed by atoms with van der Waals surface area (Å²) in [6, 6.07) is 0.912. The van der Waals surface area contributed by atoms with Gasteiger partial charge in [-0.1, -0.05) is 0 Å². The van der Waals surface area contributed by atoms with E-state index >= 15 is 0 Å². The molecule has 0 radical (unpaired) electrons. The molecule has 0 amide bonds. The van der Waals surface area contributed by atoms with Crippen molar-refractivity contribution in [2.45, 2.75) is 31.9 Å². The van der Waals surface area contributed by atoms with Crippen molar-refractivity contribution in [1.29, 1.82) is 0 Å². The Labute approximate surface area is 113 Å². The van der Waals surface area contributed by atoms with Crippen LogP contribution in [-0.2, 0) is 6.18 Å². The largest absolute Gasteiger partial charge is 0.433 e. The van der Waals surface area contributed by atoms with E-state index in [1.54, 1.807) is 0 Å². The monoisotopic (exact) mass is 291 g/mol. The predicted octanol–water partition coefficient (Wildman–Crippen LogP) is 3.75. The van der Waals surface area contributed by atoms with Gasteiger partial charge in [0.1, 0.15) is 5.82 Å². The van der Waals surface area contributed by atoms with Gasteiger partial charge in [-0.25, -0.2) is 9.97 Å². The van der Waals surface area contributed by atoms with Gasteiger partial charge in [-0.05, 0) is 48.6 Å². The van der Waals surface area contributed by atoms with Crippen LogP contribution in [0.5, 0.6) is 0 Å². The normalized spacial score (nSPS) is 21.3. The van der Waals surface area contributed by atoms with Crippen LogP contribution in [0.3, 0.4) is 0 Å². The van der Waals surface area contributed by atoms with Gasteiger partial charge < -0.3 is 5.32 Å². The van der Waals surface area contributed by atoms with E-state index in [2.05, 4.69) is 15.3 Å². The molecule has 3 nitrogen and oxygen atoms in total. The first kappa shape index (κ1) is 13.0. The van der Waals surface area contributed by atoms with E-state index in [1.807, 2.05) is 0 Å². The van der Waals surface area contributed by atoms with E-state index in [0.717, 1.165) is 24.8 Å². The van der Waals surface area contributed by atoms with Crippen LogP contribution in [-0.4, -0.2) is 16.5 Å². The summed E-state index contributed by atoms with van der Waals surface area (Å²) in [5.41, 5.74) is -0.721. The summed E-state index contributed by atoms with van der Waals surface area (Å²) in [6.45, 7) is 0.669. The van der Waals surface area contributed by atoms with E-state index in [0.29, 0.717) is 6.54 Å². The lowest BCUT2D eigenvalue weighted by atomic mass is 10.0. The number of anilines is 1. The molecule has 1 N–H and O–H groups in total. The van der Waals surface area contributed by atoms with Crippen LogP contribution in [0.2, 0.25) is 5.28 Å². The van der Waals surface area contributed by atoms with Gasteiger partial charge in [-0.15, -0.1) is 0 Å². The van der Waals surface area contributed by atoms with Gasteiger partial charge in [-0.2, -0.15) is 13.2 Å². The van der Waals surface area contributed by atoms with E-state index in [9.17, 15) is 13.2 Å². The highest BCUT2D eigenvalue weighted by molar-refractivity contribution is 6.28. The molecule has 3 rings (SSSR count). The van der Waals surface area contributed by atoms with E-state index < -0.39 is 11.9 Å². The summed E-state index contributed by atoms with van der Waals surface area (Å²) in [6.07, 6.45) is 0.266. The maximum absolute atomic E-state index is 12.6. The first-order valence-electron chi connectivity index (χ1n) is 6.25. The van der Waals surface area contributed by atoms with Crippen molar-refractivity contribution >= 4 is 17.4 Å². The van der Waals surface area contributed by atoms with Crippen molar-refractivity contribution < 1.29 is 13.2 Å². The van der Waals surface area contributed by atoms with Crippen molar-refractivity contribution in [1.82, 2.24) is 9.97 Å². The van der Waals surface area contributed by atoms with Crippen LogP contribution in [0.1, 0.15) is 31.4 Å². The number of hydrogen-bond donors (Lipinski definition) is 1. The summed E-state index contributed by atoms with van der Waals surface area (Å²) in [5, 5.41) is 2.61. The zero-order chi connectivity index (χ0) is 13.7. The van der Waals surface area contributed by atoms with Crippen LogP contribution in [0.4, 0.5) is 19.0 Å². The van der Waals surface area contributed by atoms with Crippen LogP contribution in [0.25, 0.3) is 0 Å². The predicted molar refractivity (Wildman–Crippen MR) is 64.9 cm³/mol. The van der Waals surface area contributed by atoms with Crippen LogP contribution < -0.4 is 5.32 Å². The SMILES string of the molecule is FC(F)(F)c1cc(NCC2(C3CC3)CC2)nc(Cl)n1. The molecular weight excluding hydrogens is 279 g/mol. The van der Waals surface area contributed by atoms with Crippen molar-refractivity contribution in [2.75, 3.05) is 11.9 Å². The first-order valence-corrected chi connectivity index (χ1v) is 6.63. The lowest BCUT2D eigenvalue weighted by molar-refractivity contribution is -0.141. The molecule has 1 aromatic rings. The van der Waals surface area contributed by atoms with Gasteiger partial charge in [0.05, 0.1) is 0 Å². The Morgan fingerprint density at radius 3 is 2.53 bits per heavy atom. The second-order valence-corrected chi connectivity index (χ2v) is 5.73. The molecule has 2 fully saturated rings. The fourth-order valence-corrected chi connectivity index (χ4v) is 2.69. The van der Waals surface area contributed by atoms with E-state index in [1.165, 1.54) is 12.8 Å². The fraction of sp³-hybridized carbons (Fsp3) is 0.667. The summed E-state index contributed by atoms with van der Waals surface area (Å²) in [7, 11) is 0. The number of nitrogens with zero attached hydrogens (tertiary/aromatic N) is 2. The molecule has 19 heavy (non-hydrogen) atoms. The van der Waals surface area contributed by atoms with Gasteiger partial charge in [-0.3, -0.25) is 0 Å². The maximum Gasteiger partial charge on any atom is 0.433 e. The standard InChI is InChI=1S/C12H13ClF3N3/c13-10-18-8(12(14,15)16)5-9(19-10)17-6-11(3-4-11)7-1-2-7/h5,7H,1-4,6H2,(H,17,18,19). The van der Waals surface area contributed by atoms with E-state index in [-0.39, 0.29) is 16.5 Å². The lowest BCUT2D eigenvalue weighted by Crippen LogP contribution is -2.19. The average molecular weight is 292 g/mol. The molecule has 0 aromatic carbocycles. The van der Waals surface area contributed by atoms with Crippen molar-refractivity contribution in [3.63, 3.8) is 0 Å². The molecule has 0 aliphatic heterocycles. The highest BCUT2D eigenvalue weighted by atomic mass is 35.5. The molecule has 2 saturated carbocycles. The fourth-order valence-electron chi connectivity index (χ4n) is 2.51. The molecule has 0 saturated heterocycles. The lowest BCUT2D eigenvalue weighted by Gasteiger charge is -2.16. The molecule has 2 aliphatic carbocycles. The average Bonchev–Trinajstić information content (AvgIpc) is 3.16. The molecule has 2 aliphatic rings. The number of halogens is 4. The second-order valence-electron chi connectivity index (χ2n) is 5.40. The first-order chi connectivity index (χ1) is 8.89. The molecule has 0 atom stereocenters. The van der Waals surface area contributed by atoms with Crippen molar-refractivity contribution in [3.8, 4) is 0 Å². The van der Waals surface area contributed by atoms with Gasteiger partial charge in [0, 0.05) is 12.6 Å². The quantitative estimate of drug-likeness (QED) is 0.859. The third-order valence-electron chi connectivity index (χ3n) is 3.95. The van der Waals surface area contributed by atoms with Gasteiger partial charge in [0.2, 0.25) is 5.28 Å². The van der Waals surface area contributed by atoms with E-state index in [4.69, 9.17) is 11.6 Å².